The molecule has 0 saturated carbocycles. The summed E-state index contributed by atoms with van der Waals surface area (Å²) in [6.07, 6.45) is 5.86. The highest BCUT2D eigenvalue weighted by atomic mass is 32.2. The standard InChI is InChI=1S/C18H19N3O3S2/c1-10(15(22)19-9-11-5-4-8-24-11)25-18-20-16(23)14-12-6-2-3-7-13(12)26-17(14)21-18/h4-5,8,10H,2-3,6-7,9H2,1H3,(H,19,22)(H,20,21,23)/t10-/m0/s1. The van der Waals surface area contributed by atoms with E-state index in [1.54, 1.807) is 30.6 Å². The number of aromatic nitrogens is 2. The minimum absolute atomic E-state index is 0.0971. The maximum Gasteiger partial charge on any atom is 0.260 e. The molecule has 0 aromatic carbocycles. The molecule has 3 aromatic rings. The van der Waals surface area contributed by atoms with Gasteiger partial charge in [0.25, 0.3) is 5.56 Å². The number of aromatic amines is 1. The predicted molar refractivity (Wildman–Crippen MR) is 103 cm³/mol. The monoisotopic (exact) mass is 389 g/mol. The van der Waals surface area contributed by atoms with Crippen LogP contribution in [0.2, 0.25) is 0 Å². The third kappa shape index (κ3) is 3.43. The molecule has 0 bridgehead atoms. The molecule has 0 aliphatic heterocycles. The van der Waals surface area contributed by atoms with Crippen LogP contribution in [0.15, 0.2) is 32.8 Å². The SMILES string of the molecule is C[C@H](Sc1nc2sc3c(c2c(=O)[nH]1)CCCC3)C(=O)NCc1ccco1. The van der Waals surface area contributed by atoms with E-state index in [0.29, 0.717) is 17.5 Å². The second-order valence-electron chi connectivity index (χ2n) is 6.32. The van der Waals surface area contributed by atoms with Crippen LogP contribution in [0, 0.1) is 0 Å². The second-order valence-corrected chi connectivity index (χ2v) is 8.73. The van der Waals surface area contributed by atoms with E-state index in [-0.39, 0.29) is 16.7 Å². The van der Waals surface area contributed by atoms with Crippen LogP contribution in [0.4, 0.5) is 0 Å². The van der Waals surface area contributed by atoms with Crippen molar-refractivity contribution in [1.29, 1.82) is 0 Å². The number of nitrogens with zero attached hydrogens (tertiary/aromatic N) is 1. The van der Waals surface area contributed by atoms with Crippen molar-refractivity contribution in [3.05, 3.63) is 45.0 Å². The Morgan fingerprint density at radius 1 is 1.46 bits per heavy atom. The molecule has 0 unspecified atom stereocenters. The fourth-order valence-electron chi connectivity index (χ4n) is 3.15. The molecule has 4 rings (SSSR count). The molecule has 0 fully saturated rings. The molecule has 0 spiro atoms. The second kappa shape index (κ2) is 7.28. The molecule has 3 heterocycles. The van der Waals surface area contributed by atoms with Gasteiger partial charge in [0.05, 0.1) is 23.4 Å². The zero-order valence-corrected chi connectivity index (χ0v) is 16.0. The number of hydrogen-bond acceptors (Lipinski definition) is 6. The van der Waals surface area contributed by atoms with Crippen molar-refractivity contribution in [2.24, 2.45) is 0 Å². The predicted octanol–water partition coefficient (Wildman–Crippen LogP) is 3.25. The molecular weight excluding hydrogens is 370 g/mol. The number of amides is 1. The summed E-state index contributed by atoms with van der Waals surface area (Å²) in [5.41, 5.74) is 1.07. The van der Waals surface area contributed by atoms with Gasteiger partial charge in [-0.15, -0.1) is 11.3 Å². The Bertz CT molecular complexity index is 991. The number of aryl methyl sites for hydroxylation is 2. The van der Waals surface area contributed by atoms with Gasteiger partial charge in [0.1, 0.15) is 10.6 Å². The highest BCUT2D eigenvalue weighted by Crippen LogP contribution is 2.34. The lowest BCUT2D eigenvalue weighted by molar-refractivity contribution is -0.120. The lowest BCUT2D eigenvalue weighted by atomic mass is 9.97. The summed E-state index contributed by atoms with van der Waals surface area (Å²) in [4.78, 5) is 34.3. The third-order valence-electron chi connectivity index (χ3n) is 4.48. The fourth-order valence-corrected chi connectivity index (χ4v) is 5.29. The Kier molecular flexibility index (Phi) is 4.86. The molecule has 3 aromatic heterocycles. The van der Waals surface area contributed by atoms with Crippen LogP contribution in [0.1, 0.15) is 36.0 Å². The van der Waals surface area contributed by atoms with Gasteiger partial charge in [-0.05, 0) is 50.3 Å². The van der Waals surface area contributed by atoms with Crippen LogP contribution in [-0.4, -0.2) is 21.1 Å². The van der Waals surface area contributed by atoms with Gasteiger partial charge in [0, 0.05) is 4.88 Å². The molecule has 1 aliphatic carbocycles. The first-order valence-corrected chi connectivity index (χ1v) is 10.3. The average Bonchev–Trinajstić information content (AvgIpc) is 3.26. The molecule has 1 aliphatic rings. The van der Waals surface area contributed by atoms with E-state index in [2.05, 4.69) is 15.3 Å². The lowest BCUT2D eigenvalue weighted by Crippen LogP contribution is -2.30. The van der Waals surface area contributed by atoms with Crippen LogP contribution in [-0.2, 0) is 24.2 Å². The number of H-pyrrole nitrogens is 1. The molecular formula is C18H19N3O3S2. The number of carbonyl (C=O) groups is 1. The van der Waals surface area contributed by atoms with E-state index in [1.165, 1.54) is 28.6 Å². The van der Waals surface area contributed by atoms with Crippen molar-refractivity contribution >= 4 is 39.2 Å². The van der Waals surface area contributed by atoms with E-state index in [0.717, 1.165) is 29.5 Å². The van der Waals surface area contributed by atoms with Crippen LogP contribution in [0.5, 0.6) is 0 Å². The van der Waals surface area contributed by atoms with Gasteiger partial charge in [-0.2, -0.15) is 0 Å². The van der Waals surface area contributed by atoms with Crippen molar-refractivity contribution in [2.45, 2.75) is 49.6 Å². The summed E-state index contributed by atoms with van der Waals surface area (Å²) >= 11 is 2.88. The van der Waals surface area contributed by atoms with Gasteiger partial charge in [-0.1, -0.05) is 11.8 Å². The number of nitrogens with one attached hydrogen (secondary N) is 2. The largest absolute Gasteiger partial charge is 0.467 e. The zero-order valence-electron chi connectivity index (χ0n) is 14.3. The Balaban J connectivity index is 1.49. The third-order valence-corrected chi connectivity index (χ3v) is 6.65. The Morgan fingerprint density at radius 3 is 3.12 bits per heavy atom. The number of furan rings is 1. The molecule has 8 heteroatoms. The number of hydrogen-bond donors (Lipinski definition) is 2. The maximum absolute atomic E-state index is 12.5. The molecule has 26 heavy (non-hydrogen) atoms. The highest BCUT2D eigenvalue weighted by molar-refractivity contribution is 8.00. The van der Waals surface area contributed by atoms with Crippen molar-refractivity contribution in [2.75, 3.05) is 0 Å². The van der Waals surface area contributed by atoms with Gasteiger partial charge in [-0.3, -0.25) is 9.59 Å². The van der Waals surface area contributed by atoms with Crippen molar-refractivity contribution in [1.82, 2.24) is 15.3 Å². The maximum atomic E-state index is 12.5. The van der Waals surface area contributed by atoms with Gasteiger partial charge >= 0.3 is 0 Å². The Hall–Kier alpha value is -2.06. The summed E-state index contributed by atoms with van der Waals surface area (Å²) < 4.78 is 5.21. The van der Waals surface area contributed by atoms with E-state index >= 15 is 0 Å². The first-order valence-electron chi connectivity index (χ1n) is 8.63. The van der Waals surface area contributed by atoms with Gasteiger partial charge in [0.2, 0.25) is 5.91 Å². The smallest absolute Gasteiger partial charge is 0.260 e. The summed E-state index contributed by atoms with van der Waals surface area (Å²) in [7, 11) is 0. The number of thiophene rings is 1. The van der Waals surface area contributed by atoms with E-state index in [4.69, 9.17) is 4.42 Å². The van der Waals surface area contributed by atoms with E-state index in [1.807, 2.05) is 6.07 Å². The van der Waals surface area contributed by atoms with Crippen molar-refractivity contribution in [3.8, 4) is 0 Å². The molecule has 2 N–H and O–H groups in total. The molecule has 136 valence electrons. The topological polar surface area (TPSA) is 88.0 Å². The Labute approximate surface area is 158 Å². The quantitative estimate of drug-likeness (QED) is 0.517. The van der Waals surface area contributed by atoms with Gasteiger partial charge in [-0.25, -0.2) is 4.98 Å². The summed E-state index contributed by atoms with van der Waals surface area (Å²) in [5, 5.41) is 3.68. The lowest BCUT2D eigenvalue weighted by Gasteiger charge is -2.11. The van der Waals surface area contributed by atoms with Gasteiger partial charge in [0.15, 0.2) is 5.16 Å². The number of fused-ring (bicyclic) bond motifs is 3. The molecule has 6 nitrogen and oxygen atoms in total. The van der Waals surface area contributed by atoms with Crippen LogP contribution in [0.25, 0.3) is 10.2 Å². The minimum atomic E-state index is -0.375. The fraction of sp³-hybridized carbons (Fsp3) is 0.389. The number of carbonyl (C=O) groups excluding carboxylic acids is 1. The van der Waals surface area contributed by atoms with Crippen LogP contribution >= 0.6 is 23.1 Å². The highest BCUT2D eigenvalue weighted by Gasteiger charge is 2.21. The minimum Gasteiger partial charge on any atom is -0.467 e. The summed E-state index contributed by atoms with van der Waals surface area (Å²) in [5.74, 6) is 0.576. The van der Waals surface area contributed by atoms with E-state index in [9.17, 15) is 9.59 Å². The Morgan fingerprint density at radius 2 is 2.31 bits per heavy atom. The van der Waals surface area contributed by atoms with Crippen molar-refractivity contribution in [3.63, 3.8) is 0 Å². The molecule has 0 saturated heterocycles. The first-order chi connectivity index (χ1) is 12.6. The summed E-state index contributed by atoms with van der Waals surface area (Å²) in [6.45, 7) is 2.14. The van der Waals surface area contributed by atoms with Crippen LogP contribution in [0.3, 0.4) is 0 Å². The number of thioether (sulfide) groups is 1. The van der Waals surface area contributed by atoms with Crippen molar-refractivity contribution < 1.29 is 9.21 Å². The number of rotatable bonds is 5. The first kappa shape index (κ1) is 17.4. The summed E-state index contributed by atoms with van der Waals surface area (Å²) in [6, 6.07) is 3.59. The zero-order chi connectivity index (χ0) is 18.1. The van der Waals surface area contributed by atoms with Crippen LogP contribution < -0.4 is 10.9 Å². The molecule has 1 atom stereocenters. The molecule has 0 radical (unpaired) electrons. The molecule has 1 amide bonds. The van der Waals surface area contributed by atoms with Gasteiger partial charge < -0.3 is 14.7 Å². The van der Waals surface area contributed by atoms with E-state index < -0.39 is 0 Å². The normalized spacial score (nSPS) is 15.0. The average molecular weight is 390 g/mol.